The maximum Gasteiger partial charge on any atom is 0.423 e. The van der Waals surface area contributed by atoms with Crippen molar-refractivity contribution in [2.24, 2.45) is 0 Å². The van der Waals surface area contributed by atoms with E-state index < -0.39 is 22.4 Å². The van der Waals surface area contributed by atoms with E-state index in [-0.39, 0.29) is 36.2 Å². The SMILES string of the molecule is O=C(CO[C@H]1CC[C@H](Nc2ccc([N+](=O)[O-])c(C(F)(F)F)c2)CC1)N1CCN(Cc2cc3cc(F)ccc3o2)CC1. The number of rotatable bonds is 8. The van der Waals surface area contributed by atoms with Gasteiger partial charge in [-0.15, -0.1) is 0 Å². The summed E-state index contributed by atoms with van der Waals surface area (Å²) in [6.45, 7) is 3.00. The number of anilines is 1. The number of piperazine rings is 1. The Morgan fingerprint density at radius 1 is 1.05 bits per heavy atom. The van der Waals surface area contributed by atoms with Gasteiger partial charge in [-0.2, -0.15) is 13.2 Å². The molecule has 3 aromatic rings. The molecule has 0 unspecified atom stereocenters. The van der Waals surface area contributed by atoms with Gasteiger partial charge in [-0.3, -0.25) is 19.8 Å². The number of ether oxygens (including phenoxy) is 1. The van der Waals surface area contributed by atoms with Crippen molar-refractivity contribution >= 4 is 28.3 Å². The van der Waals surface area contributed by atoms with Crippen LogP contribution in [-0.2, 0) is 22.3 Å². The second-order valence-corrected chi connectivity index (χ2v) is 10.5. The van der Waals surface area contributed by atoms with Crippen molar-refractivity contribution in [3.63, 3.8) is 0 Å². The third-order valence-corrected chi connectivity index (χ3v) is 7.62. The lowest BCUT2D eigenvalue weighted by atomic mass is 9.92. The normalized spacial score (nSPS) is 20.3. The molecule has 2 aromatic carbocycles. The Labute approximate surface area is 233 Å². The van der Waals surface area contributed by atoms with Crippen molar-refractivity contribution in [1.29, 1.82) is 0 Å². The monoisotopic (exact) mass is 578 g/mol. The van der Waals surface area contributed by atoms with Gasteiger partial charge in [-0.1, -0.05) is 0 Å². The largest absolute Gasteiger partial charge is 0.460 e. The molecule has 0 radical (unpaired) electrons. The van der Waals surface area contributed by atoms with Crippen molar-refractivity contribution in [3.05, 3.63) is 69.7 Å². The van der Waals surface area contributed by atoms with Crippen LogP contribution in [-0.4, -0.2) is 65.6 Å². The van der Waals surface area contributed by atoms with Crippen molar-refractivity contribution in [2.45, 2.75) is 50.6 Å². The summed E-state index contributed by atoms with van der Waals surface area (Å²) >= 11 is 0. The lowest BCUT2D eigenvalue weighted by Crippen LogP contribution is -2.49. The molecule has 0 bridgehead atoms. The van der Waals surface area contributed by atoms with Crippen LogP contribution in [0.2, 0.25) is 0 Å². The summed E-state index contributed by atoms with van der Waals surface area (Å²) in [6.07, 6.45) is -2.42. The highest BCUT2D eigenvalue weighted by atomic mass is 19.4. The highest BCUT2D eigenvalue weighted by molar-refractivity contribution is 5.78. The van der Waals surface area contributed by atoms with Crippen LogP contribution in [0.25, 0.3) is 11.0 Å². The highest BCUT2D eigenvalue weighted by Gasteiger charge is 2.38. The molecule has 1 aliphatic heterocycles. The Morgan fingerprint density at radius 3 is 2.46 bits per heavy atom. The standard InChI is InChI=1S/C28H30F4N4O5/c29-19-1-8-26-18(13-19)14-23(41-26)16-34-9-11-35(12-10-34)27(37)17-40-22-5-2-20(3-6-22)33-21-4-7-25(36(38)39)24(15-21)28(30,31)32/h1,4,7-8,13-15,20,22,33H,2-3,5-6,9-12,16-17H2/t20-,22-. The fraction of sp³-hybridized carbons (Fsp3) is 0.464. The van der Waals surface area contributed by atoms with Crippen LogP contribution in [0.15, 0.2) is 46.9 Å². The number of nitrogens with zero attached hydrogens (tertiary/aromatic N) is 3. The molecule has 1 saturated heterocycles. The number of carbonyl (C=O) groups is 1. The van der Waals surface area contributed by atoms with Gasteiger partial charge in [0.15, 0.2) is 0 Å². The second-order valence-electron chi connectivity index (χ2n) is 10.5. The number of furan rings is 1. The maximum absolute atomic E-state index is 13.4. The minimum atomic E-state index is -4.83. The number of benzene rings is 2. The number of alkyl halides is 3. The lowest BCUT2D eigenvalue weighted by molar-refractivity contribution is -0.388. The third-order valence-electron chi connectivity index (χ3n) is 7.62. The molecule has 1 aromatic heterocycles. The molecular formula is C28H30F4N4O5. The number of hydrogen-bond acceptors (Lipinski definition) is 7. The minimum Gasteiger partial charge on any atom is -0.460 e. The van der Waals surface area contributed by atoms with E-state index in [0.717, 1.165) is 23.3 Å². The van der Waals surface area contributed by atoms with Crippen LogP contribution in [0.3, 0.4) is 0 Å². The van der Waals surface area contributed by atoms with Crippen molar-refractivity contribution < 1.29 is 36.4 Å². The van der Waals surface area contributed by atoms with Gasteiger partial charge in [-0.25, -0.2) is 4.39 Å². The summed E-state index contributed by atoms with van der Waals surface area (Å²) < 4.78 is 64.9. The second kappa shape index (κ2) is 12.0. The topological polar surface area (TPSA) is 101 Å². The van der Waals surface area contributed by atoms with Gasteiger partial charge < -0.3 is 19.4 Å². The van der Waals surface area contributed by atoms with Gasteiger partial charge in [-0.05, 0) is 62.1 Å². The quantitative estimate of drug-likeness (QED) is 0.212. The zero-order valence-corrected chi connectivity index (χ0v) is 22.2. The summed E-state index contributed by atoms with van der Waals surface area (Å²) in [7, 11) is 0. The van der Waals surface area contributed by atoms with Crippen LogP contribution >= 0.6 is 0 Å². The van der Waals surface area contributed by atoms with Gasteiger partial charge in [0.2, 0.25) is 5.91 Å². The first-order valence-electron chi connectivity index (χ1n) is 13.5. The zero-order valence-electron chi connectivity index (χ0n) is 22.2. The number of hydrogen-bond donors (Lipinski definition) is 1. The number of amides is 1. The number of halogens is 4. The Balaban J connectivity index is 1.03. The van der Waals surface area contributed by atoms with Crippen LogP contribution < -0.4 is 5.32 Å². The first-order chi connectivity index (χ1) is 19.5. The maximum atomic E-state index is 13.4. The molecule has 1 saturated carbocycles. The van der Waals surface area contributed by atoms with Gasteiger partial charge in [0.25, 0.3) is 5.69 Å². The van der Waals surface area contributed by atoms with Gasteiger partial charge in [0.05, 0.1) is 17.6 Å². The summed E-state index contributed by atoms with van der Waals surface area (Å²) in [5.74, 6) is 0.344. The molecule has 0 spiro atoms. The molecule has 9 nitrogen and oxygen atoms in total. The predicted molar refractivity (Wildman–Crippen MR) is 142 cm³/mol. The van der Waals surface area contributed by atoms with Crippen molar-refractivity contribution in [1.82, 2.24) is 9.80 Å². The van der Waals surface area contributed by atoms with Crippen molar-refractivity contribution in [3.8, 4) is 0 Å². The van der Waals surface area contributed by atoms with Crippen LogP contribution in [0.1, 0.15) is 37.0 Å². The lowest BCUT2D eigenvalue weighted by Gasteiger charge is -2.35. The molecule has 1 aliphatic carbocycles. The average Bonchev–Trinajstić information content (AvgIpc) is 3.33. The Hall–Kier alpha value is -3.71. The van der Waals surface area contributed by atoms with E-state index >= 15 is 0 Å². The third kappa shape index (κ3) is 7.14. The Kier molecular flexibility index (Phi) is 8.45. The molecule has 1 N–H and O–H groups in total. The first kappa shape index (κ1) is 28.8. The Bertz CT molecular complexity index is 1400. The molecule has 1 amide bonds. The molecule has 41 heavy (non-hydrogen) atoms. The molecule has 2 fully saturated rings. The number of nitro benzene ring substituents is 1. The van der Waals surface area contributed by atoms with E-state index in [1.54, 1.807) is 11.0 Å². The Morgan fingerprint density at radius 2 is 1.78 bits per heavy atom. The molecule has 2 aliphatic rings. The number of nitrogens with one attached hydrogen (secondary N) is 1. The molecule has 220 valence electrons. The van der Waals surface area contributed by atoms with Crippen LogP contribution in [0.4, 0.5) is 28.9 Å². The summed E-state index contributed by atoms with van der Waals surface area (Å²) in [4.78, 5) is 26.6. The van der Waals surface area contributed by atoms with Gasteiger partial charge >= 0.3 is 6.18 Å². The first-order valence-corrected chi connectivity index (χ1v) is 13.5. The molecular weight excluding hydrogens is 548 g/mol. The number of nitro groups is 1. The summed E-state index contributed by atoms with van der Waals surface area (Å²) in [6, 6.07) is 9.07. The van der Waals surface area contributed by atoms with E-state index in [9.17, 15) is 32.5 Å². The van der Waals surface area contributed by atoms with E-state index in [1.807, 2.05) is 6.07 Å². The molecule has 2 heterocycles. The summed E-state index contributed by atoms with van der Waals surface area (Å²) in [5, 5.41) is 14.7. The van der Waals surface area contributed by atoms with E-state index in [2.05, 4.69) is 10.2 Å². The van der Waals surface area contributed by atoms with Gasteiger partial charge in [0.1, 0.15) is 29.3 Å². The predicted octanol–water partition coefficient (Wildman–Crippen LogP) is 5.58. The number of fused-ring (bicyclic) bond motifs is 1. The fourth-order valence-corrected chi connectivity index (χ4v) is 5.42. The average molecular weight is 579 g/mol. The van der Waals surface area contributed by atoms with Gasteiger partial charge in [0, 0.05) is 49.4 Å². The highest BCUT2D eigenvalue weighted by Crippen LogP contribution is 2.38. The minimum absolute atomic E-state index is 0.0325. The molecule has 0 atom stereocenters. The van der Waals surface area contributed by atoms with Crippen molar-refractivity contribution in [2.75, 3.05) is 38.1 Å². The van der Waals surface area contributed by atoms with Crippen LogP contribution in [0.5, 0.6) is 0 Å². The summed E-state index contributed by atoms with van der Waals surface area (Å²) in [5.41, 5.74) is -1.44. The van der Waals surface area contributed by atoms with E-state index in [0.29, 0.717) is 64.0 Å². The fourth-order valence-electron chi connectivity index (χ4n) is 5.42. The van der Waals surface area contributed by atoms with E-state index in [1.165, 1.54) is 18.2 Å². The smallest absolute Gasteiger partial charge is 0.423 e. The van der Waals surface area contributed by atoms with Crippen LogP contribution in [0, 0.1) is 15.9 Å². The zero-order chi connectivity index (χ0) is 29.1. The molecule has 13 heteroatoms. The molecule has 5 rings (SSSR count). The van der Waals surface area contributed by atoms with E-state index in [4.69, 9.17) is 9.15 Å². The number of carbonyl (C=O) groups excluding carboxylic acids is 1.